The molecule has 0 aliphatic carbocycles. The van der Waals surface area contributed by atoms with Crippen molar-refractivity contribution in [3.8, 4) is 0 Å². The van der Waals surface area contributed by atoms with Gasteiger partial charge in [0.15, 0.2) is 0 Å². The van der Waals surface area contributed by atoms with Crippen molar-refractivity contribution >= 4 is 21.7 Å². The van der Waals surface area contributed by atoms with Crippen molar-refractivity contribution in [2.75, 3.05) is 0 Å². The molecule has 1 aromatic carbocycles. The number of aromatic nitrogens is 3. The summed E-state index contributed by atoms with van der Waals surface area (Å²) in [6, 6.07) is 5.55. The molecule has 0 unspecified atom stereocenters. The molecule has 0 aliphatic rings. The van der Waals surface area contributed by atoms with Crippen LogP contribution in [-0.4, -0.2) is 20.8 Å². The summed E-state index contributed by atoms with van der Waals surface area (Å²) >= 11 is 3.41. The van der Waals surface area contributed by atoms with Gasteiger partial charge in [-0.25, -0.2) is 4.68 Å². The maximum atomic E-state index is 12.2. The number of hydrogen-bond acceptors (Lipinski definition) is 3. The zero-order valence-electron chi connectivity index (χ0n) is 8.94. The van der Waals surface area contributed by atoms with Crippen LogP contribution in [0.2, 0.25) is 0 Å². The molecule has 0 amide bonds. The summed E-state index contributed by atoms with van der Waals surface area (Å²) in [6.45, 7) is 1.90. The Morgan fingerprint density at radius 1 is 1.44 bits per heavy atom. The molecule has 0 fully saturated rings. The van der Waals surface area contributed by atoms with Crippen molar-refractivity contribution in [3.05, 3.63) is 45.7 Å². The van der Waals surface area contributed by atoms with E-state index in [4.69, 9.17) is 0 Å². The third-order valence-electron chi connectivity index (χ3n) is 2.46. The summed E-state index contributed by atoms with van der Waals surface area (Å²) in [5.74, 6) is -0.0636. The molecule has 2 aromatic rings. The van der Waals surface area contributed by atoms with Crippen molar-refractivity contribution in [1.29, 1.82) is 0 Å². The third-order valence-corrected chi connectivity index (χ3v) is 3.32. The minimum absolute atomic E-state index is 0.0636. The zero-order valence-corrected chi connectivity index (χ0v) is 10.5. The standard InChI is InChI=1S/C11H10BrN3O/c1-7-8(4-3-5-9(7)12)11(16)10-6-13-14-15(10)2/h3-6H,1-2H3. The number of carbonyl (C=O) groups excluding carboxylic acids is 1. The van der Waals surface area contributed by atoms with Crippen LogP contribution in [-0.2, 0) is 7.05 Å². The minimum Gasteiger partial charge on any atom is -0.287 e. The molecule has 0 atom stereocenters. The number of benzene rings is 1. The summed E-state index contributed by atoms with van der Waals surface area (Å²) in [6.07, 6.45) is 1.47. The lowest BCUT2D eigenvalue weighted by atomic mass is 10.0. The molecule has 82 valence electrons. The van der Waals surface area contributed by atoms with Gasteiger partial charge in [0, 0.05) is 17.1 Å². The van der Waals surface area contributed by atoms with Gasteiger partial charge < -0.3 is 0 Å². The first-order valence-electron chi connectivity index (χ1n) is 4.75. The minimum atomic E-state index is -0.0636. The van der Waals surface area contributed by atoms with E-state index >= 15 is 0 Å². The molecule has 0 bridgehead atoms. The molecule has 0 saturated carbocycles. The van der Waals surface area contributed by atoms with Crippen LogP contribution < -0.4 is 0 Å². The van der Waals surface area contributed by atoms with Crippen molar-refractivity contribution in [3.63, 3.8) is 0 Å². The Balaban J connectivity index is 2.50. The fourth-order valence-corrected chi connectivity index (χ4v) is 1.85. The number of aryl methyl sites for hydroxylation is 1. The van der Waals surface area contributed by atoms with E-state index in [0.29, 0.717) is 11.3 Å². The highest BCUT2D eigenvalue weighted by Crippen LogP contribution is 2.21. The van der Waals surface area contributed by atoms with Gasteiger partial charge in [-0.15, -0.1) is 5.10 Å². The number of ketones is 1. The Kier molecular flexibility index (Phi) is 2.87. The van der Waals surface area contributed by atoms with Crippen LogP contribution in [0.5, 0.6) is 0 Å². The number of carbonyl (C=O) groups is 1. The Morgan fingerprint density at radius 2 is 2.19 bits per heavy atom. The average molecular weight is 280 g/mol. The lowest BCUT2D eigenvalue weighted by Crippen LogP contribution is -2.09. The maximum absolute atomic E-state index is 12.2. The second-order valence-electron chi connectivity index (χ2n) is 3.48. The molecule has 1 aromatic heterocycles. The molecule has 1 heterocycles. The molecule has 0 radical (unpaired) electrons. The Bertz CT molecular complexity index is 548. The first-order chi connectivity index (χ1) is 7.61. The highest BCUT2D eigenvalue weighted by Gasteiger charge is 2.16. The SMILES string of the molecule is Cc1c(Br)cccc1C(=O)c1cnnn1C. The molecule has 0 spiro atoms. The second kappa shape index (κ2) is 4.17. The van der Waals surface area contributed by atoms with Gasteiger partial charge in [0.2, 0.25) is 5.78 Å². The van der Waals surface area contributed by atoms with E-state index < -0.39 is 0 Å². The Hall–Kier alpha value is -1.49. The fraction of sp³-hybridized carbons (Fsp3) is 0.182. The number of nitrogens with zero attached hydrogens (tertiary/aromatic N) is 3. The quantitative estimate of drug-likeness (QED) is 0.792. The molecule has 16 heavy (non-hydrogen) atoms. The summed E-state index contributed by atoms with van der Waals surface area (Å²) in [5.41, 5.74) is 2.08. The van der Waals surface area contributed by atoms with Crippen LogP contribution >= 0.6 is 15.9 Å². The predicted molar refractivity (Wildman–Crippen MR) is 63.3 cm³/mol. The van der Waals surface area contributed by atoms with Gasteiger partial charge >= 0.3 is 0 Å². The molecule has 0 aliphatic heterocycles. The molecule has 0 N–H and O–H groups in total. The molecule has 2 rings (SSSR count). The summed E-state index contributed by atoms with van der Waals surface area (Å²) in [4.78, 5) is 12.2. The molecule has 5 heteroatoms. The van der Waals surface area contributed by atoms with Gasteiger partial charge in [-0.2, -0.15) is 0 Å². The van der Waals surface area contributed by atoms with Crippen molar-refractivity contribution in [1.82, 2.24) is 15.0 Å². The fourth-order valence-electron chi connectivity index (χ4n) is 1.49. The smallest absolute Gasteiger partial charge is 0.212 e. The maximum Gasteiger partial charge on any atom is 0.212 e. The Morgan fingerprint density at radius 3 is 2.81 bits per heavy atom. The molecular formula is C11H10BrN3O. The van der Waals surface area contributed by atoms with E-state index in [9.17, 15) is 4.79 Å². The number of halogens is 1. The number of rotatable bonds is 2. The third kappa shape index (κ3) is 1.78. The van der Waals surface area contributed by atoms with Crippen LogP contribution in [0, 0.1) is 6.92 Å². The van der Waals surface area contributed by atoms with Crippen molar-refractivity contribution in [2.24, 2.45) is 7.05 Å². The topological polar surface area (TPSA) is 47.8 Å². The van der Waals surface area contributed by atoms with Gasteiger partial charge in [-0.3, -0.25) is 4.79 Å². The summed E-state index contributed by atoms with van der Waals surface area (Å²) in [5, 5.41) is 7.45. The first-order valence-corrected chi connectivity index (χ1v) is 5.55. The second-order valence-corrected chi connectivity index (χ2v) is 4.34. The average Bonchev–Trinajstić information content (AvgIpc) is 2.68. The van der Waals surface area contributed by atoms with Gasteiger partial charge in [0.05, 0.1) is 6.20 Å². The first kappa shape index (κ1) is 11.0. The van der Waals surface area contributed by atoms with Crippen LogP contribution in [0.1, 0.15) is 21.6 Å². The van der Waals surface area contributed by atoms with E-state index in [-0.39, 0.29) is 5.78 Å². The highest BCUT2D eigenvalue weighted by molar-refractivity contribution is 9.10. The highest BCUT2D eigenvalue weighted by atomic mass is 79.9. The summed E-state index contributed by atoms with van der Waals surface area (Å²) in [7, 11) is 1.70. The molecule has 4 nitrogen and oxygen atoms in total. The van der Waals surface area contributed by atoms with Crippen LogP contribution in [0.4, 0.5) is 0 Å². The van der Waals surface area contributed by atoms with Gasteiger partial charge in [0.1, 0.15) is 5.69 Å². The zero-order chi connectivity index (χ0) is 11.7. The largest absolute Gasteiger partial charge is 0.287 e. The van der Waals surface area contributed by atoms with E-state index in [1.165, 1.54) is 10.9 Å². The normalized spacial score (nSPS) is 10.4. The predicted octanol–water partition coefficient (Wildman–Crippen LogP) is 2.12. The van der Waals surface area contributed by atoms with E-state index in [0.717, 1.165) is 10.0 Å². The van der Waals surface area contributed by atoms with Crippen molar-refractivity contribution in [2.45, 2.75) is 6.92 Å². The Labute approximate surface area is 101 Å². The molecular weight excluding hydrogens is 270 g/mol. The van der Waals surface area contributed by atoms with E-state index in [2.05, 4.69) is 26.2 Å². The molecule has 0 saturated heterocycles. The lowest BCUT2D eigenvalue weighted by Gasteiger charge is -2.05. The lowest BCUT2D eigenvalue weighted by molar-refractivity contribution is 0.102. The monoisotopic (exact) mass is 279 g/mol. The van der Waals surface area contributed by atoms with Crippen LogP contribution in [0.3, 0.4) is 0 Å². The van der Waals surface area contributed by atoms with Crippen LogP contribution in [0.15, 0.2) is 28.9 Å². The summed E-state index contributed by atoms with van der Waals surface area (Å²) < 4.78 is 2.40. The van der Waals surface area contributed by atoms with Gasteiger partial charge in [0.25, 0.3) is 0 Å². The van der Waals surface area contributed by atoms with Gasteiger partial charge in [-0.05, 0) is 18.6 Å². The van der Waals surface area contributed by atoms with E-state index in [1.54, 1.807) is 13.1 Å². The van der Waals surface area contributed by atoms with Crippen LogP contribution in [0.25, 0.3) is 0 Å². The van der Waals surface area contributed by atoms with E-state index in [1.807, 2.05) is 19.1 Å². The van der Waals surface area contributed by atoms with Crippen molar-refractivity contribution < 1.29 is 4.79 Å². The number of hydrogen-bond donors (Lipinski definition) is 0. The van der Waals surface area contributed by atoms with Gasteiger partial charge in [-0.1, -0.05) is 33.3 Å².